The Morgan fingerprint density at radius 2 is 0.851 bits per heavy atom. The number of aliphatic hydroxyl groups is 1. The lowest BCUT2D eigenvalue weighted by Crippen LogP contribution is -2.70. The van der Waals surface area contributed by atoms with Crippen molar-refractivity contribution < 1.29 is 63.7 Å². The van der Waals surface area contributed by atoms with Gasteiger partial charge < -0.3 is 95.5 Å². The highest BCUT2D eigenvalue weighted by molar-refractivity contribution is 5.89. The van der Waals surface area contributed by atoms with E-state index < -0.39 is 16.8 Å². The SMILES string of the molecule is C[C@H]1COCCN1c1nc(-c2ccc(N)cc2)nc2c1CN(C(=O)OC(C)(C)C)CC2.C[C@H]1COCCN1c1nc(-c2ccc(NC(=O)NCCO)cc2)nc2c1CN(C(=O)OC(C)(C)C)CC2.C[C@H]1COCCN1c1nc(-c2ccc([NH2+][O-])cc2)nc2c1CN(C(=O)OC(C)(C)C)CC2.O. The maximum atomic E-state index is 12.8. The number of quaternary nitrogens is 1. The third-order valence-corrected chi connectivity index (χ3v) is 17.3. The zero-order chi connectivity index (χ0) is 71.6. The molecular weight excluding hydrogens is 1300 g/mol. The van der Waals surface area contributed by atoms with E-state index >= 15 is 0 Å². The van der Waals surface area contributed by atoms with Gasteiger partial charge in [-0.05, 0) is 156 Å². The van der Waals surface area contributed by atoms with Crippen molar-refractivity contribution in [3.63, 3.8) is 0 Å². The van der Waals surface area contributed by atoms with Crippen LogP contribution in [0.1, 0.15) is 117 Å². The van der Waals surface area contributed by atoms with Crippen molar-refractivity contribution in [3.05, 3.63) is 112 Å². The van der Waals surface area contributed by atoms with E-state index in [1.165, 1.54) is 0 Å². The van der Waals surface area contributed by atoms with Crippen LogP contribution in [0.25, 0.3) is 34.2 Å². The fourth-order valence-corrected chi connectivity index (χ4v) is 12.3. The number of aromatic nitrogens is 6. The number of nitrogens with zero attached hydrogens (tertiary/aromatic N) is 12. The Kier molecular flexibility index (Phi) is 25.0. The summed E-state index contributed by atoms with van der Waals surface area (Å²) in [5.74, 6) is 4.43. The van der Waals surface area contributed by atoms with Crippen molar-refractivity contribution in [2.75, 3.05) is 118 Å². The number of rotatable bonds is 10. The Bertz CT molecular complexity index is 3830. The van der Waals surface area contributed by atoms with E-state index in [-0.39, 0.29) is 61.1 Å². The van der Waals surface area contributed by atoms with Gasteiger partial charge in [0, 0.05) is 110 Å². The number of carbonyl (C=O) groups excluding carboxylic acids is 4. The van der Waals surface area contributed by atoms with Crippen LogP contribution in [0.2, 0.25) is 0 Å². The first kappa shape index (κ1) is 76.1. The van der Waals surface area contributed by atoms with Gasteiger partial charge in [0.1, 0.15) is 39.9 Å². The summed E-state index contributed by atoms with van der Waals surface area (Å²) in [6, 6.07) is 22.3. The van der Waals surface area contributed by atoms with Crippen LogP contribution in [0.5, 0.6) is 0 Å². The predicted molar refractivity (Wildman–Crippen MR) is 383 cm³/mol. The topological polar surface area (TPSA) is 362 Å². The number of nitrogens with two attached hydrogens (primary N) is 2. The maximum absolute atomic E-state index is 12.8. The van der Waals surface area contributed by atoms with Crippen molar-refractivity contribution in [1.82, 2.24) is 49.9 Å². The molecule has 3 aromatic carbocycles. The molecule has 546 valence electrons. The average Bonchev–Trinajstić information content (AvgIpc) is 0.782. The number of fused-ring (bicyclic) bond motifs is 3. The molecule has 29 nitrogen and oxygen atoms in total. The number of ether oxygens (including phenoxy) is 6. The van der Waals surface area contributed by atoms with E-state index in [2.05, 4.69) is 46.1 Å². The van der Waals surface area contributed by atoms with Crippen molar-refractivity contribution >= 4 is 58.8 Å². The first-order valence-electron chi connectivity index (χ1n) is 34.4. The number of aliphatic hydroxyl groups excluding tert-OH is 1. The molecule has 6 aliphatic heterocycles. The zero-order valence-electron chi connectivity index (χ0n) is 60.3. The minimum absolute atomic E-state index is 0. The van der Waals surface area contributed by atoms with E-state index in [0.717, 1.165) is 86.5 Å². The molecule has 29 heteroatoms. The molecule has 3 aromatic heterocycles. The van der Waals surface area contributed by atoms with E-state index in [9.17, 15) is 24.4 Å². The second-order valence-corrected chi connectivity index (χ2v) is 28.7. The van der Waals surface area contributed by atoms with Crippen molar-refractivity contribution in [1.29, 1.82) is 0 Å². The first-order valence-corrected chi connectivity index (χ1v) is 34.4. The van der Waals surface area contributed by atoms with Crippen LogP contribution in [-0.2, 0) is 67.3 Å². The molecule has 3 fully saturated rings. The number of urea groups is 1. The Morgan fingerprint density at radius 3 is 1.16 bits per heavy atom. The number of nitrogens with one attached hydrogen (secondary N) is 2. The molecular formula is C72H100N16O13. The molecule has 6 aliphatic rings. The van der Waals surface area contributed by atoms with Crippen LogP contribution < -0.4 is 36.5 Å². The minimum Gasteiger partial charge on any atom is -0.630 e. The van der Waals surface area contributed by atoms with Gasteiger partial charge in [0.05, 0.1) is 101 Å². The highest BCUT2D eigenvalue weighted by Crippen LogP contribution is 2.37. The second kappa shape index (κ2) is 33.1. The molecule has 0 saturated carbocycles. The molecule has 5 amide bonds. The van der Waals surface area contributed by atoms with Gasteiger partial charge in [-0.3, -0.25) is 0 Å². The molecule has 3 saturated heterocycles. The number of nitrogen functional groups attached to an aromatic ring is 1. The first-order chi connectivity index (χ1) is 47.6. The molecule has 0 radical (unpaired) electrons. The predicted octanol–water partition coefficient (Wildman–Crippen LogP) is 7.55. The van der Waals surface area contributed by atoms with Gasteiger partial charge in [0.25, 0.3) is 0 Å². The summed E-state index contributed by atoms with van der Waals surface area (Å²) in [5.41, 5.74) is 15.3. The van der Waals surface area contributed by atoms with Crippen LogP contribution in [0, 0.1) is 5.21 Å². The van der Waals surface area contributed by atoms with E-state index in [1.54, 1.807) is 39.0 Å². The normalized spacial score (nSPS) is 18.4. The van der Waals surface area contributed by atoms with Crippen molar-refractivity contribution in [2.45, 2.75) is 157 Å². The summed E-state index contributed by atoms with van der Waals surface area (Å²) >= 11 is 0. The number of morpholine rings is 3. The van der Waals surface area contributed by atoms with Gasteiger partial charge >= 0.3 is 24.3 Å². The number of carbonyl (C=O) groups is 4. The summed E-state index contributed by atoms with van der Waals surface area (Å²) in [7, 11) is 0. The fraction of sp³-hybridized carbons (Fsp3) is 0.528. The standard InChI is InChI=1S/C26H36N6O5.C23H31N5O4.C23H31N5O3.H2O/c1-17-16-36-14-12-32(17)23-20-15-31(25(35)37-26(2,3)4)11-9-21(20)29-22(30-23)18-5-7-19(8-6-18)28-24(34)27-10-13-33;1-15-14-31-12-11-28(15)21-18-13-27(22(29)32-23(2,3)4)10-9-19(18)24-20(25-21)16-5-7-17(26-30)8-6-16;1-15-14-30-12-11-28(15)21-18-13-27(22(29)31-23(2,3)4)10-9-19(18)25-20(26-21)16-5-7-17(24)8-6-16;/h5-8,17,33H,9-16H2,1-4H3,(H2,27,28,34);5-8,15H,9-14,26H2,1-4H3;5-8,15H,9-14,24H2,1-4H3;1H2/t17-;2*15-;/m000./s1. The monoisotopic (exact) mass is 1400 g/mol. The van der Waals surface area contributed by atoms with Crippen LogP contribution in [0.15, 0.2) is 72.8 Å². The number of amides is 5. The van der Waals surface area contributed by atoms with Gasteiger partial charge in [-0.1, -0.05) is 0 Å². The number of anilines is 5. The average molecular weight is 1400 g/mol. The Hall–Kier alpha value is -9.10. The molecule has 3 atom stereocenters. The molecule has 12 rings (SSSR count). The Labute approximate surface area is 590 Å². The smallest absolute Gasteiger partial charge is 0.410 e. The van der Waals surface area contributed by atoms with Crippen LogP contribution >= 0.6 is 0 Å². The van der Waals surface area contributed by atoms with Crippen LogP contribution in [0.3, 0.4) is 0 Å². The summed E-state index contributed by atoms with van der Waals surface area (Å²) < 4.78 is 33.7. The molecule has 0 unspecified atom stereocenters. The molecule has 0 spiro atoms. The van der Waals surface area contributed by atoms with Gasteiger partial charge in [-0.25, -0.2) is 49.1 Å². The summed E-state index contributed by atoms with van der Waals surface area (Å²) in [6.07, 6.45) is 0.918. The van der Waals surface area contributed by atoms with Gasteiger partial charge in [-0.2, -0.15) is 0 Å². The summed E-state index contributed by atoms with van der Waals surface area (Å²) in [5, 5.41) is 25.2. The highest BCUT2D eigenvalue weighted by atomic mass is 16.6. The third-order valence-electron chi connectivity index (χ3n) is 17.3. The van der Waals surface area contributed by atoms with Crippen molar-refractivity contribution in [3.8, 4) is 34.2 Å². The Morgan fingerprint density at radius 1 is 0.525 bits per heavy atom. The number of hydrogen-bond acceptors (Lipinski definition) is 22. The van der Waals surface area contributed by atoms with Crippen molar-refractivity contribution in [2.24, 2.45) is 0 Å². The molecule has 9 N–H and O–H groups in total. The largest absolute Gasteiger partial charge is 0.630 e. The lowest BCUT2D eigenvalue weighted by molar-refractivity contribution is -0.497. The summed E-state index contributed by atoms with van der Waals surface area (Å²) in [4.78, 5) is 91.6. The third kappa shape index (κ3) is 19.9. The molecule has 0 aliphatic carbocycles. The van der Waals surface area contributed by atoms with E-state index in [1.807, 2.05) is 111 Å². The quantitative estimate of drug-likeness (QED) is 0.0502. The van der Waals surface area contributed by atoms with Gasteiger partial charge in [0.15, 0.2) is 17.5 Å². The molecule has 9 heterocycles. The van der Waals surface area contributed by atoms with E-state index in [4.69, 9.17) is 69.2 Å². The maximum Gasteiger partial charge on any atom is 0.410 e. The lowest BCUT2D eigenvalue weighted by Gasteiger charge is -2.38. The second-order valence-electron chi connectivity index (χ2n) is 28.7. The van der Waals surface area contributed by atoms with Gasteiger partial charge in [0.2, 0.25) is 0 Å². The van der Waals surface area contributed by atoms with E-state index in [0.29, 0.717) is 139 Å². The molecule has 101 heavy (non-hydrogen) atoms. The van der Waals surface area contributed by atoms with Crippen LogP contribution in [-0.4, -0.2) is 206 Å². The molecule has 0 bridgehead atoms. The number of hydrogen-bond donors (Lipinski definition) is 5. The zero-order valence-corrected chi connectivity index (χ0v) is 60.3. The minimum atomic E-state index is -0.570. The Balaban J connectivity index is 0.000000176. The van der Waals surface area contributed by atoms with Crippen LogP contribution in [0.4, 0.5) is 53.7 Å². The fourth-order valence-electron chi connectivity index (χ4n) is 12.3. The van der Waals surface area contributed by atoms with Gasteiger partial charge in [-0.15, -0.1) is 0 Å². The summed E-state index contributed by atoms with van der Waals surface area (Å²) in [6.45, 7) is 32.0. The molecule has 6 aromatic rings. The lowest BCUT2D eigenvalue weighted by atomic mass is 10.0. The number of benzene rings is 3. The highest BCUT2D eigenvalue weighted by Gasteiger charge is 2.37.